The predicted molar refractivity (Wildman–Crippen MR) is 80.8 cm³/mol. The lowest BCUT2D eigenvalue weighted by atomic mass is 9.88. The van der Waals surface area contributed by atoms with Crippen molar-refractivity contribution in [3.63, 3.8) is 0 Å². The smallest absolute Gasteiger partial charge is 0.311 e. The van der Waals surface area contributed by atoms with Crippen molar-refractivity contribution in [3.05, 3.63) is 28.8 Å². The molecule has 4 nitrogen and oxygen atoms in total. The summed E-state index contributed by atoms with van der Waals surface area (Å²) in [6.45, 7) is 7.00. The van der Waals surface area contributed by atoms with Gasteiger partial charge in [-0.3, -0.25) is 4.79 Å². The summed E-state index contributed by atoms with van der Waals surface area (Å²) in [6, 6.07) is 5.54. The third kappa shape index (κ3) is 3.44. The Hall–Kier alpha value is -1.26. The highest BCUT2D eigenvalue weighted by molar-refractivity contribution is 6.33. The maximum Gasteiger partial charge on any atom is 0.311 e. The van der Waals surface area contributed by atoms with Crippen molar-refractivity contribution in [2.75, 3.05) is 18.8 Å². The monoisotopic (exact) mass is 296 g/mol. The zero-order chi connectivity index (χ0) is 14.9. The molecule has 1 aromatic rings. The number of ether oxygens (including phenoxy) is 1. The Labute approximate surface area is 124 Å². The molecule has 2 unspecified atom stereocenters. The van der Waals surface area contributed by atoms with Crippen molar-refractivity contribution in [2.45, 2.75) is 32.3 Å². The van der Waals surface area contributed by atoms with E-state index in [-0.39, 0.29) is 17.8 Å². The van der Waals surface area contributed by atoms with Crippen molar-refractivity contribution in [3.8, 4) is 0 Å². The summed E-state index contributed by atoms with van der Waals surface area (Å²) < 4.78 is 5.49. The number of nitrogens with two attached hydrogens (primary N) is 1. The van der Waals surface area contributed by atoms with Crippen LogP contribution in [0, 0.1) is 5.92 Å². The van der Waals surface area contributed by atoms with Gasteiger partial charge in [-0.15, -0.1) is 0 Å². The van der Waals surface area contributed by atoms with Crippen LogP contribution in [0.5, 0.6) is 0 Å². The molecule has 0 aromatic heterocycles. The van der Waals surface area contributed by atoms with E-state index in [0.717, 1.165) is 12.1 Å². The number of esters is 1. The molecule has 1 aliphatic rings. The summed E-state index contributed by atoms with van der Waals surface area (Å²) in [4.78, 5) is 12.3. The van der Waals surface area contributed by atoms with Gasteiger partial charge in [0.15, 0.2) is 0 Å². The van der Waals surface area contributed by atoms with Gasteiger partial charge in [0.25, 0.3) is 0 Å². The number of hydrogen-bond donors (Lipinski definition) is 2. The van der Waals surface area contributed by atoms with E-state index in [9.17, 15) is 4.79 Å². The number of rotatable bonds is 2. The summed E-state index contributed by atoms with van der Waals surface area (Å²) in [5.74, 6) is -0.278. The molecule has 3 N–H and O–H groups in total. The first-order valence-electron chi connectivity index (χ1n) is 6.76. The first-order valence-corrected chi connectivity index (χ1v) is 7.14. The number of benzene rings is 1. The standard InChI is InChI=1S/C15H21ClN2O2/c1-15(2,3)20-14(19)11-8-18-7-10(11)9-4-5-12(16)13(17)6-9/h4-6,10-11,18H,7-8,17H2,1-3H3. The molecule has 0 bridgehead atoms. The molecular formula is C15H21ClN2O2. The first-order chi connectivity index (χ1) is 9.28. The topological polar surface area (TPSA) is 64.3 Å². The van der Waals surface area contributed by atoms with Crippen LogP contribution < -0.4 is 11.1 Å². The summed E-state index contributed by atoms with van der Waals surface area (Å²) in [5.41, 5.74) is 6.94. The zero-order valence-electron chi connectivity index (χ0n) is 12.1. The van der Waals surface area contributed by atoms with Gasteiger partial charge in [-0.2, -0.15) is 0 Å². The predicted octanol–water partition coefficient (Wildman–Crippen LogP) is 2.57. The van der Waals surface area contributed by atoms with E-state index in [1.54, 1.807) is 6.07 Å². The highest BCUT2D eigenvalue weighted by Gasteiger charge is 2.36. The van der Waals surface area contributed by atoms with Crippen LogP contribution in [-0.4, -0.2) is 24.7 Å². The molecule has 0 amide bonds. The molecule has 2 rings (SSSR count). The Morgan fingerprint density at radius 1 is 1.40 bits per heavy atom. The van der Waals surface area contributed by atoms with Crippen LogP contribution in [0.3, 0.4) is 0 Å². The van der Waals surface area contributed by atoms with Gasteiger partial charge >= 0.3 is 5.97 Å². The number of hydrogen-bond acceptors (Lipinski definition) is 4. The van der Waals surface area contributed by atoms with E-state index in [1.807, 2.05) is 32.9 Å². The molecule has 20 heavy (non-hydrogen) atoms. The highest BCUT2D eigenvalue weighted by atomic mass is 35.5. The fourth-order valence-corrected chi connectivity index (χ4v) is 2.56. The average Bonchev–Trinajstić information content (AvgIpc) is 2.79. The van der Waals surface area contributed by atoms with E-state index in [4.69, 9.17) is 22.1 Å². The minimum absolute atomic E-state index is 0.0735. The molecule has 2 atom stereocenters. The van der Waals surface area contributed by atoms with Crippen LogP contribution >= 0.6 is 11.6 Å². The number of nitrogen functional groups attached to an aromatic ring is 1. The number of halogens is 1. The molecule has 1 heterocycles. The molecule has 0 radical (unpaired) electrons. The molecule has 0 spiro atoms. The minimum atomic E-state index is -0.469. The normalized spacial score (nSPS) is 22.8. The van der Waals surface area contributed by atoms with Crippen LogP contribution in [0.25, 0.3) is 0 Å². The molecule has 5 heteroatoms. The fraction of sp³-hybridized carbons (Fsp3) is 0.533. The quantitative estimate of drug-likeness (QED) is 0.650. The Kier molecular flexibility index (Phi) is 4.25. The number of anilines is 1. The molecule has 0 aliphatic carbocycles. The van der Waals surface area contributed by atoms with E-state index < -0.39 is 5.60 Å². The minimum Gasteiger partial charge on any atom is -0.460 e. The van der Waals surface area contributed by atoms with Gasteiger partial charge in [0.2, 0.25) is 0 Å². The van der Waals surface area contributed by atoms with Gasteiger partial charge < -0.3 is 15.8 Å². The molecule has 110 valence electrons. The van der Waals surface area contributed by atoms with Gasteiger partial charge in [-0.1, -0.05) is 17.7 Å². The van der Waals surface area contributed by atoms with Crippen LogP contribution in [0.1, 0.15) is 32.3 Å². The lowest BCUT2D eigenvalue weighted by molar-refractivity contribution is -0.159. The zero-order valence-corrected chi connectivity index (χ0v) is 12.8. The van der Waals surface area contributed by atoms with E-state index in [0.29, 0.717) is 17.3 Å². The fourth-order valence-electron chi connectivity index (χ4n) is 2.45. The summed E-state index contributed by atoms with van der Waals surface area (Å²) in [5, 5.41) is 3.78. The lowest BCUT2D eigenvalue weighted by Crippen LogP contribution is -2.31. The molecule has 1 saturated heterocycles. The van der Waals surface area contributed by atoms with Gasteiger partial charge in [0.05, 0.1) is 16.6 Å². The summed E-state index contributed by atoms with van der Waals surface area (Å²) in [7, 11) is 0. The van der Waals surface area contributed by atoms with E-state index in [2.05, 4.69) is 5.32 Å². The Morgan fingerprint density at radius 2 is 2.10 bits per heavy atom. The van der Waals surface area contributed by atoms with Gasteiger partial charge in [-0.05, 0) is 38.5 Å². The van der Waals surface area contributed by atoms with Crippen LogP contribution in [0.2, 0.25) is 5.02 Å². The SMILES string of the molecule is CC(C)(C)OC(=O)C1CNCC1c1ccc(Cl)c(N)c1. The van der Waals surface area contributed by atoms with Crippen LogP contribution in [0.15, 0.2) is 18.2 Å². The number of carbonyl (C=O) groups excluding carboxylic acids is 1. The van der Waals surface area contributed by atoms with Gasteiger partial charge in [0, 0.05) is 19.0 Å². The highest BCUT2D eigenvalue weighted by Crippen LogP contribution is 2.33. The lowest BCUT2D eigenvalue weighted by Gasteiger charge is -2.24. The second-order valence-electron chi connectivity index (χ2n) is 6.19. The Bertz CT molecular complexity index is 511. The third-order valence-electron chi connectivity index (χ3n) is 3.37. The number of nitrogens with one attached hydrogen (secondary N) is 1. The molecular weight excluding hydrogens is 276 g/mol. The molecule has 1 aliphatic heterocycles. The molecule has 1 aromatic carbocycles. The second-order valence-corrected chi connectivity index (χ2v) is 6.59. The van der Waals surface area contributed by atoms with Crippen molar-refractivity contribution in [1.29, 1.82) is 0 Å². The average molecular weight is 297 g/mol. The third-order valence-corrected chi connectivity index (χ3v) is 3.72. The van der Waals surface area contributed by atoms with Crippen LogP contribution in [-0.2, 0) is 9.53 Å². The van der Waals surface area contributed by atoms with Crippen molar-refractivity contribution in [2.24, 2.45) is 5.92 Å². The van der Waals surface area contributed by atoms with Gasteiger partial charge in [0.1, 0.15) is 5.60 Å². The van der Waals surface area contributed by atoms with Crippen molar-refractivity contribution >= 4 is 23.3 Å². The Morgan fingerprint density at radius 3 is 2.70 bits per heavy atom. The van der Waals surface area contributed by atoms with E-state index in [1.165, 1.54) is 0 Å². The van der Waals surface area contributed by atoms with E-state index >= 15 is 0 Å². The van der Waals surface area contributed by atoms with Crippen LogP contribution in [0.4, 0.5) is 5.69 Å². The first kappa shape index (κ1) is 15.1. The largest absolute Gasteiger partial charge is 0.460 e. The summed E-state index contributed by atoms with van der Waals surface area (Å²) in [6.07, 6.45) is 0. The maximum absolute atomic E-state index is 12.3. The maximum atomic E-state index is 12.3. The molecule has 0 saturated carbocycles. The second kappa shape index (κ2) is 5.62. The van der Waals surface area contributed by atoms with Crippen molar-refractivity contribution < 1.29 is 9.53 Å². The Balaban J connectivity index is 2.18. The number of carbonyl (C=O) groups is 1. The van der Waals surface area contributed by atoms with Gasteiger partial charge in [-0.25, -0.2) is 0 Å². The van der Waals surface area contributed by atoms with Crippen molar-refractivity contribution in [1.82, 2.24) is 5.32 Å². The summed E-state index contributed by atoms with van der Waals surface area (Å²) >= 11 is 5.94. The molecule has 1 fully saturated rings.